The van der Waals surface area contributed by atoms with Gasteiger partial charge >= 0.3 is 0 Å². The molecule has 1 fully saturated rings. The average molecular weight is 275 g/mol. The number of carbonyl (C=O) groups is 1. The number of fused-ring (bicyclic) bond motifs is 1. The third kappa shape index (κ3) is 2.19. The molecule has 2 aromatic rings. The summed E-state index contributed by atoms with van der Waals surface area (Å²) in [6.07, 6.45) is 0.541. The van der Waals surface area contributed by atoms with Gasteiger partial charge in [0.05, 0.1) is 11.2 Å². The molecule has 1 amide bonds. The van der Waals surface area contributed by atoms with E-state index in [9.17, 15) is 4.79 Å². The van der Waals surface area contributed by atoms with Gasteiger partial charge in [-0.25, -0.2) is 0 Å². The van der Waals surface area contributed by atoms with Gasteiger partial charge in [-0.3, -0.25) is 9.78 Å². The highest BCUT2D eigenvalue weighted by Gasteiger charge is 2.31. The van der Waals surface area contributed by atoms with Gasteiger partial charge in [0, 0.05) is 29.9 Å². The Kier molecular flexibility index (Phi) is 3.15. The van der Waals surface area contributed by atoms with Crippen molar-refractivity contribution in [3.05, 3.63) is 36.0 Å². The summed E-state index contributed by atoms with van der Waals surface area (Å²) in [6.45, 7) is 2.66. The Hall–Kier alpha value is -1.61. The van der Waals surface area contributed by atoms with Crippen molar-refractivity contribution in [1.82, 2.24) is 4.98 Å². The second-order valence-electron chi connectivity index (χ2n) is 5.03. The fourth-order valence-electron chi connectivity index (χ4n) is 2.63. The molecule has 1 aromatic carbocycles. The van der Waals surface area contributed by atoms with E-state index in [0.717, 1.165) is 22.3 Å². The molecule has 3 nitrogen and oxygen atoms in total. The van der Waals surface area contributed by atoms with Crippen LogP contribution in [0.4, 0.5) is 5.69 Å². The summed E-state index contributed by atoms with van der Waals surface area (Å²) in [4.78, 5) is 18.5. The molecule has 1 saturated heterocycles. The molecule has 3 rings (SSSR count). The van der Waals surface area contributed by atoms with Crippen LogP contribution >= 0.6 is 11.6 Å². The largest absolute Gasteiger partial charge is 0.311 e. The van der Waals surface area contributed by atoms with Crippen LogP contribution in [0.1, 0.15) is 12.1 Å². The average Bonchev–Trinajstić information content (AvgIpc) is 2.79. The lowest BCUT2D eigenvalue weighted by atomic mass is 10.1. The maximum atomic E-state index is 12.1. The highest BCUT2D eigenvalue weighted by atomic mass is 35.5. The van der Waals surface area contributed by atoms with E-state index in [4.69, 9.17) is 11.6 Å². The van der Waals surface area contributed by atoms with Crippen molar-refractivity contribution in [3.63, 3.8) is 0 Å². The number of halogens is 1. The Bertz CT molecular complexity index is 641. The number of benzene rings is 1. The molecule has 0 radical (unpaired) electrons. The third-order valence-corrected chi connectivity index (χ3v) is 3.97. The summed E-state index contributed by atoms with van der Waals surface area (Å²) in [7, 11) is 0. The Morgan fingerprint density at radius 2 is 2.21 bits per heavy atom. The molecule has 4 heteroatoms. The number of hydrogen-bond acceptors (Lipinski definition) is 2. The maximum absolute atomic E-state index is 12.1. The van der Waals surface area contributed by atoms with Crippen molar-refractivity contribution in [1.29, 1.82) is 0 Å². The first kappa shape index (κ1) is 12.4. The van der Waals surface area contributed by atoms with Crippen LogP contribution in [0, 0.1) is 12.8 Å². The first-order valence-electron chi connectivity index (χ1n) is 6.42. The van der Waals surface area contributed by atoms with Crippen LogP contribution in [-0.2, 0) is 4.79 Å². The molecule has 0 aliphatic carbocycles. The molecule has 1 atom stereocenters. The highest BCUT2D eigenvalue weighted by molar-refractivity contribution is 6.18. The number of nitrogens with zero attached hydrogens (tertiary/aromatic N) is 2. The number of para-hydroxylation sites is 1. The lowest BCUT2D eigenvalue weighted by Crippen LogP contribution is -2.25. The zero-order valence-corrected chi connectivity index (χ0v) is 11.5. The smallest absolute Gasteiger partial charge is 0.227 e. The summed E-state index contributed by atoms with van der Waals surface area (Å²) in [5.74, 6) is 0.937. The highest BCUT2D eigenvalue weighted by Crippen LogP contribution is 2.31. The first-order valence-corrected chi connectivity index (χ1v) is 6.95. The van der Waals surface area contributed by atoms with Gasteiger partial charge in [0.25, 0.3) is 0 Å². The lowest BCUT2D eigenvalue weighted by Gasteiger charge is -2.19. The number of aryl methyl sites for hydroxylation is 1. The van der Waals surface area contributed by atoms with E-state index in [1.165, 1.54) is 0 Å². The molecule has 1 aromatic heterocycles. The molecular weight excluding hydrogens is 260 g/mol. The van der Waals surface area contributed by atoms with Gasteiger partial charge in [-0.05, 0) is 25.0 Å². The summed E-state index contributed by atoms with van der Waals surface area (Å²) >= 11 is 5.88. The predicted octanol–water partition coefficient (Wildman–Crippen LogP) is 3.13. The van der Waals surface area contributed by atoms with Gasteiger partial charge in [0.15, 0.2) is 0 Å². The van der Waals surface area contributed by atoms with Crippen LogP contribution in [0.3, 0.4) is 0 Å². The minimum Gasteiger partial charge on any atom is -0.311 e. The monoisotopic (exact) mass is 274 g/mol. The second-order valence-corrected chi connectivity index (χ2v) is 5.34. The fourth-order valence-corrected chi connectivity index (χ4v) is 2.83. The maximum Gasteiger partial charge on any atom is 0.227 e. The van der Waals surface area contributed by atoms with Crippen LogP contribution in [0.25, 0.3) is 10.9 Å². The Labute approximate surface area is 117 Å². The molecule has 2 heterocycles. The van der Waals surface area contributed by atoms with E-state index in [0.29, 0.717) is 18.8 Å². The van der Waals surface area contributed by atoms with E-state index in [-0.39, 0.29) is 11.8 Å². The normalized spacial score (nSPS) is 19.4. The quantitative estimate of drug-likeness (QED) is 0.788. The van der Waals surface area contributed by atoms with Gasteiger partial charge in [0.2, 0.25) is 5.91 Å². The van der Waals surface area contributed by atoms with Gasteiger partial charge in [-0.1, -0.05) is 18.2 Å². The van der Waals surface area contributed by atoms with Gasteiger partial charge in [-0.2, -0.15) is 0 Å². The summed E-state index contributed by atoms with van der Waals surface area (Å²) in [6, 6.07) is 9.91. The SMILES string of the molecule is Cc1cc(N2CC(CCl)CC2=O)c2ccccc2n1. The Balaban J connectivity index is 2.12. The summed E-state index contributed by atoms with van der Waals surface area (Å²) < 4.78 is 0. The van der Waals surface area contributed by atoms with E-state index in [2.05, 4.69) is 4.98 Å². The minimum atomic E-state index is 0.154. The van der Waals surface area contributed by atoms with Crippen molar-refractivity contribution in [3.8, 4) is 0 Å². The number of anilines is 1. The van der Waals surface area contributed by atoms with Crippen LogP contribution in [0.2, 0.25) is 0 Å². The van der Waals surface area contributed by atoms with E-state index in [1.54, 1.807) is 0 Å². The molecule has 0 bridgehead atoms. The van der Waals surface area contributed by atoms with Crippen molar-refractivity contribution in [2.24, 2.45) is 5.92 Å². The van der Waals surface area contributed by atoms with Gasteiger partial charge in [0.1, 0.15) is 0 Å². The predicted molar refractivity (Wildman–Crippen MR) is 77.7 cm³/mol. The summed E-state index contributed by atoms with van der Waals surface area (Å²) in [5, 5.41) is 1.02. The number of aromatic nitrogens is 1. The Morgan fingerprint density at radius 3 is 2.95 bits per heavy atom. The lowest BCUT2D eigenvalue weighted by molar-refractivity contribution is -0.117. The van der Waals surface area contributed by atoms with Gasteiger partial charge < -0.3 is 4.90 Å². The molecule has 0 N–H and O–H groups in total. The van der Waals surface area contributed by atoms with Gasteiger partial charge in [-0.15, -0.1) is 11.6 Å². The molecule has 98 valence electrons. The van der Waals surface area contributed by atoms with E-state index < -0.39 is 0 Å². The number of amides is 1. The molecule has 0 saturated carbocycles. The van der Waals surface area contributed by atoms with Crippen molar-refractivity contribution >= 4 is 34.1 Å². The number of pyridine rings is 1. The molecule has 1 aliphatic heterocycles. The van der Waals surface area contributed by atoms with E-state index in [1.807, 2.05) is 42.2 Å². The minimum absolute atomic E-state index is 0.154. The van der Waals surface area contributed by atoms with Crippen LogP contribution < -0.4 is 4.90 Å². The number of carbonyl (C=O) groups excluding carboxylic acids is 1. The number of rotatable bonds is 2. The number of alkyl halides is 1. The number of hydrogen-bond donors (Lipinski definition) is 0. The summed E-state index contributed by atoms with van der Waals surface area (Å²) in [5.41, 5.74) is 2.82. The van der Waals surface area contributed by atoms with E-state index >= 15 is 0 Å². The van der Waals surface area contributed by atoms with Crippen molar-refractivity contribution in [2.75, 3.05) is 17.3 Å². The van der Waals surface area contributed by atoms with Crippen molar-refractivity contribution in [2.45, 2.75) is 13.3 Å². The van der Waals surface area contributed by atoms with Crippen LogP contribution in [0.15, 0.2) is 30.3 Å². The zero-order chi connectivity index (χ0) is 13.4. The first-order chi connectivity index (χ1) is 9.19. The fraction of sp³-hybridized carbons (Fsp3) is 0.333. The zero-order valence-electron chi connectivity index (χ0n) is 10.8. The Morgan fingerprint density at radius 1 is 1.42 bits per heavy atom. The van der Waals surface area contributed by atoms with Crippen LogP contribution in [0.5, 0.6) is 0 Å². The van der Waals surface area contributed by atoms with Crippen molar-refractivity contribution < 1.29 is 4.79 Å². The third-order valence-electron chi connectivity index (χ3n) is 3.54. The standard InChI is InChI=1S/C15H15ClN2O/c1-10-6-14(12-4-2-3-5-13(12)17-10)18-9-11(8-16)7-15(18)19/h2-6,11H,7-9H2,1H3. The molecule has 1 aliphatic rings. The molecule has 0 spiro atoms. The molecule has 1 unspecified atom stereocenters. The topological polar surface area (TPSA) is 33.2 Å². The van der Waals surface area contributed by atoms with Crippen LogP contribution in [-0.4, -0.2) is 23.3 Å². The molecular formula is C15H15ClN2O. The molecule has 19 heavy (non-hydrogen) atoms. The second kappa shape index (κ2) is 4.82.